The number of unbranched alkanes of at least 4 members (excludes halogenated alkanes) is 1. The Bertz CT molecular complexity index is 449. The van der Waals surface area contributed by atoms with Crippen LogP contribution in [0, 0.1) is 3.95 Å². The molecule has 0 saturated carbocycles. The molecule has 0 unspecified atom stereocenters. The van der Waals surface area contributed by atoms with E-state index in [0.717, 1.165) is 10.1 Å². The highest BCUT2D eigenvalue weighted by atomic mass is 32.2. The van der Waals surface area contributed by atoms with E-state index < -0.39 is 10.1 Å². The van der Waals surface area contributed by atoms with Gasteiger partial charge in [0.1, 0.15) is 0 Å². The van der Waals surface area contributed by atoms with E-state index in [1.165, 1.54) is 23.1 Å². The molecule has 1 rings (SSSR count). The third kappa shape index (κ3) is 6.25. The second-order valence-corrected chi connectivity index (χ2v) is 7.23. The molecule has 86 valence electrons. The number of aromatic nitrogens is 2. The summed E-state index contributed by atoms with van der Waals surface area (Å²) in [7, 11) is -4.06. The summed E-state index contributed by atoms with van der Waals surface area (Å²) in [5.74, 6) is 0.454. The Morgan fingerprint density at radius 2 is 2.27 bits per heavy atom. The molecule has 0 radical (unpaired) electrons. The number of rotatable bonds is 6. The first kappa shape index (κ1) is 13.1. The molecule has 1 N–H and O–H groups in total. The summed E-state index contributed by atoms with van der Waals surface area (Å²) < 4.78 is 32.3. The van der Waals surface area contributed by atoms with Crippen molar-refractivity contribution >= 4 is 45.4 Å². The van der Waals surface area contributed by atoms with Crippen molar-refractivity contribution in [2.45, 2.75) is 17.2 Å². The van der Waals surface area contributed by atoms with Crippen molar-refractivity contribution in [3.05, 3.63) is 3.95 Å². The molecule has 0 amide bonds. The predicted octanol–water partition coefficient (Wildman–Crippen LogP) is 1.62. The maximum atomic E-state index is 10.3. The van der Waals surface area contributed by atoms with E-state index in [4.69, 9.17) is 12.2 Å². The van der Waals surface area contributed by atoms with Gasteiger partial charge in [-0.1, -0.05) is 23.1 Å². The van der Waals surface area contributed by atoms with E-state index in [2.05, 4.69) is 10.2 Å². The van der Waals surface area contributed by atoms with Gasteiger partial charge in [0.25, 0.3) is 0 Å². The summed E-state index contributed by atoms with van der Waals surface area (Å²) in [5, 5.41) is 6.58. The lowest BCUT2D eigenvalue weighted by Gasteiger charge is -2.04. The van der Waals surface area contributed by atoms with Gasteiger partial charge in [0.05, 0.1) is 10.1 Å². The molecular formula is C6H9N2O3S4-. The van der Waals surface area contributed by atoms with Crippen molar-refractivity contribution in [3.63, 3.8) is 0 Å². The van der Waals surface area contributed by atoms with Gasteiger partial charge < -0.3 is 4.55 Å². The average molecular weight is 285 g/mol. The van der Waals surface area contributed by atoms with E-state index in [1.807, 2.05) is 0 Å². The molecular weight excluding hydrogens is 276 g/mol. The molecule has 9 heteroatoms. The zero-order valence-electron chi connectivity index (χ0n) is 7.63. The van der Waals surface area contributed by atoms with E-state index in [1.54, 1.807) is 0 Å². The Labute approximate surface area is 101 Å². The van der Waals surface area contributed by atoms with Gasteiger partial charge in [0, 0.05) is 11.5 Å². The second-order valence-electron chi connectivity index (χ2n) is 2.70. The van der Waals surface area contributed by atoms with Crippen molar-refractivity contribution in [1.82, 2.24) is 10.2 Å². The van der Waals surface area contributed by atoms with Crippen LogP contribution in [0.3, 0.4) is 0 Å². The van der Waals surface area contributed by atoms with Crippen LogP contribution >= 0.6 is 35.3 Å². The molecule has 0 fully saturated rings. The SMILES string of the molecule is O=S(=O)([O-])CCCCSc1n[nH]c(=S)s1. The standard InChI is InChI=1S/C6H10N2O3S4/c9-15(10,11)4-2-1-3-13-6-8-7-5(12)14-6/h1-4H2,(H,7,12)(H,9,10,11)/p-1. The molecule has 0 aromatic carbocycles. The van der Waals surface area contributed by atoms with Crippen LogP contribution in [-0.4, -0.2) is 34.7 Å². The van der Waals surface area contributed by atoms with Crippen LogP contribution in [0.5, 0.6) is 0 Å². The van der Waals surface area contributed by atoms with Gasteiger partial charge in [-0.05, 0) is 25.1 Å². The van der Waals surface area contributed by atoms with Crippen LogP contribution in [0.1, 0.15) is 12.8 Å². The minimum Gasteiger partial charge on any atom is -0.748 e. The highest BCUT2D eigenvalue weighted by Crippen LogP contribution is 2.21. The first-order valence-electron chi connectivity index (χ1n) is 4.09. The Kier molecular flexibility index (Phi) is 5.19. The molecule has 1 heterocycles. The fourth-order valence-corrected chi connectivity index (χ4v) is 3.53. The van der Waals surface area contributed by atoms with Crippen LogP contribution in [0.25, 0.3) is 0 Å². The quantitative estimate of drug-likeness (QED) is 0.370. The minimum absolute atomic E-state index is 0.288. The summed E-state index contributed by atoms with van der Waals surface area (Å²) in [6, 6.07) is 0. The third-order valence-electron chi connectivity index (χ3n) is 1.43. The summed E-state index contributed by atoms with van der Waals surface area (Å²) >= 11 is 7.74. The van der Waals surface area contributed by atoms with Crippen LogP contribution in [-0.2, 0) is 10.1 Å². The Morgan fingerprint density at radius 3 is 2.80 bits per heavy atom. The summed E-state index contributed by atoms with van der Waals surface area (Å²) in [6.07, 6.45) is 1.08. The molecule has 0 aliphatic rings. The van der Waals surface area contributed by atoms with E-state index >= 15 is 0 Å². The van der Waals surface area contributed by atoms with Crippen LogP contribution < -0.4 is 0 Å². The zero-order valence-corrected chi connectivity index (χ0v) is 10.9. The molecule has 0 aliphatic carbocycles. The monoisotopic (exact) mass is 285 g/mol. The first-order valence-corrected chi connectivity index (χ1v) is 7.88. The van der Waals surface area contributed by atoms with Gasteiger partial charge in [-0.3, -0.25) is 5.10 Å². The highest BCUT2D eigenvalue weighted by Gasteiger charge is 1.99. The topological polar surface area (TPSA) is 85.9 Å². The number of nitrogens with one attached hydrogen (secondary N) is 1. The largest absolute Gasteiger partial charge is 0.748 e. The van der Waals surface area contributed by atoms with Crippen molar-refractivity contribution in [2.24, 2.45) is 0 Å². The normalized spacial score (nSPS) is 11.8. The van der Waals surface area contributed by atoms with E-state index in [0.29, 0.717) is 16.8 Å². The van der Waals surface area contributed by atoms with Crippen LogP contribution in [0.2, 0.25) is 0 Å². The lowest BCUT2D eigenvalue weighted by atomic mass is 10.4. The lowest BCUT2D eigenvalue weighted by Crippen LogP contribution is -2.04. The zero-order chi connectivity index (χ0) is 11.3. The predicted molar refractivity (Wildman–Crippen MR) is 61.8 cm³/mol. The maximum Gasteiger partial charge on any atom is 0.177 e. The number of thioether (sulfide) groups is 1. The summed E-state index contributed by atoms with van der Waals surface area (Å²) in [5.41, 5.74) is 0. The molecule has 0 atom stereocenters. The molecule has 0 spiro atoms. The number of nitrogens with zero attached hydrogens (tertiary/aromatic N) is 1. The van der Waals surface area contributed by atoms with Gasteiger partial charge in [-0.2, -0.15) is 5.10 Å². The summed E-state index contributed by atoms with van der Waals surface area (Å²) in [4.78, 5) is 0. The molecule has 0 bridgehead atoms. The number of hydrogen-bond acceptors (Lipinski definition) is 7. The van der Waals surface area contributed by atoms with Gasteiger partial charge in [0.15, 0.2) is 8.29 Å². The molecule has 0 saturated heterocycles. The second kappa shape index (κ2) is 5.94. The Hall–Kier alpha value is 0.0400. The fourth-order valence-electron chi connectivity index (χ4n) is 0.818. The highest BCUT2D eigenvalue weighted by molar-refractivity contribution is 8.01. The van der Waals surface area contributed by atoms with Gasteiger partial charge >= 0.3 is 0 Å². The molecule has 15 heavy (non-hydrogen) atoms. The first-order chi connectivity index (χ1) is 6.97. The van der Waals surface area contributed by atoms with E-state index in [-0.39, 0.29) is 5.75 Å². The van der Waals surface area contributed by atoms with Crippen LogP contribution in [0.4, 0.5) is 0 Å². The maximum absolute atomic E-state index is 10.3. The molecule has 0 aliphatic heterocycles. The Balaban J connectivity index is 2.15. The van der Waals surface area contributed by atoms with Gasteiger partial charge in [-0.25, -0.2) is 8.42 Å². The average Bonchev–Trinajstić information content (AvgIpc) is 2.49. The smallest absolute Gasteiger partial charge is 0.177 e. The molecule has 1 aromatic heterocycles. The van der Waals surface area contributed by atoms with E-state index in [9.17, 15) is 13.0 Å². The van der Waals surface area contributed by atoms with Gasteiger partial charge in [0.2, 0.25) is 0 Å². The lowest BCUT2D eigenvalue weighted by molar-refractivity contribution is 0.461. The van der Waals surface area contributed by atoms with Crippen molar-refractivity contribution in [3.8, 4) is 0 Å². The number of aromatic amines is 1. The van der Waals surface area contributed by atoms with Gasteiger partial charge in [-0.15, -0.1) is 0 Å². The van der Waals surface area contributed by atoms with Crippen LogP contribution in [0.15, 0.2) is 4.34 Å². The van der Waals surface area contributed by atoms with Crippen molar-refractivity contribution in [1.29, 1.82) is 0 Å². The minimum atomic E-state index is -4.06. The molecule has 1 aromatic rings. The molecule has 5 nitrogen and oxygen atoms in total. The number of hydrogen-bond donors (Lipinski definition) is 1. The third-order valence-corrected chi connectivity index (χ3v) is 4.54. The summed E-state index contributed by atoms with van der Waals surface area (Å²) in [6.45, 7) is 0. The number of H-pyrrole nitrogens is 1. The fraction of sp³-hybridized carbons (Fsp3) is 0.667. The Morgan fingerprint density at radius 1 is 1.53 bits per heavy atom. The van der Waals surface area contributed by atoms with Crippen molar-refractivity contribution < 1.29 is 13.0 Å². The van der Waals surface area contributed by atoms with Crippen molar-refractivity contribution in [2.75, 3.05) is 11.5 Å².